The molecule has 3 aromatic rings. The van der Waals surface area contributed by atoms with E-state index in [-0.39, 0.29) is 0 Å². The van der Waals surface area contributed by atoms with Crippen LogP contribution in [0.2, 0.25) is 0 Å². The second kappa shape index (κ2) is 5.38. The largest absolute Gasteiger partial charge is 0.419 e. The van der Waals surface area contributed by atoms with E-state index in [0.717, 1.165) is 31.0 Å². The maximum Gasteiger partial charge on any atom is 0.247 e. The van der Waals surface area contributed by atoms with E-state index in [0.29, 0.717) is 18.3 Å². The van der Waals surface area contributed by atoms with Crippen LogP contribution < -0.4 is 0 Å². The Morgan fingerprint density at radius 3 is 2.86 bits per heavy atom. The fraction of sp³-hybridized carbons (Fsp3) is 0.312. The number of benzene rings is 1. The molecule has 6 nitrogen and oxygen atoms in total. The van der Waals surface area contributed by atoms with Crippen molar-refractivity contribution in [2.75, 3.05) is 6.54 Å². The number of aryl methyl sites for hydroxylation is 1. The monoisotopic (exact) mass is 295 g/mol. The molecule has 0 saturated carbocycles. The molecular weight excluding hydrogens is 278 g/mol. The Labute approximate surface area is 128 Å². The molecule has 0 spiro atoms. The van der Waals surface area contributed by atoms with Crippen molar-refractivity contribution in [2.45, 2.75) is 26.6 Å². The highest BCUT2D eigenvalue weighted by Gasteiger charge is 2.19. The summed E-state index contributed by atoms with van der Waals surface area (Å²) in [5.41, 5.74) is 2.17. The van der Waals surface area contributed by atoms with Crippen LogP contribution >= 0.6 is 0 Å². The van der Waals surface area contributed by atoms with Gasteiger partial charge >= 0.3 is 0 Å². The SMILES string of the molecule is Cc1ccc(-c2nnc(CN3CCn4ccnc4C3)o2)cc1. The highest BCUT2D eigenvalue weighted by Crippen LogP contribution is 2.20. The summed E-state index contributed by atoms with van der Waals surface area (Å²) in [5.74, 6) is 2.31. The van der Waals surface area contributed by atoms with Crippen LogP contribution in [0.4, 0.5) is 0 Å². The van der Waals surface area contributed by atoms with Crippen LogP contribution in [0.1, 0.15) is 17.3 Å². The fourth-order valence-corrected chi connectivity index (χ4v) is 2.68. The van der Waals surface area contributed by atoms with Crippen LogP contribution in [0, 0.1) is 6.92 Å². The minimum Gasteiger partial charge on any atom is -0.419 e. The molecule has 1 aliphatic rings. The number of fused-ring (bicyclic) bond motifs is 1. The van der Waals surface area contributed by atoms with Crippen molar-refractivity contribution >= 4 is 0 Å². The predicted molar refractivity (Wildman–Crippen MR) is 80.8 cm³/mol. The highest BCUT2D eigenvalue weighted by atomic mass is 16.4. The smallest absolute Gasteiger partial charge is 0.247 e. The second-order valence-corrected chi connectivity index (χ2v) is 5.61. The maximum absolute atomic E-state index is 5.79. The third-order valence-corrected chi connectivity index (χ3v) is 3.95. The van der Waals surface area contributed by atoms with Crippen LogP contribution in [0.3, 0.4) is 0 Å². The van der Waals surface area contributed by atoms with Gasteiger partial charge in [-0.15, -0.1) is 10.2 Å². The average molecular weight is 295 g/mol. The molecule has 0 radical (unpaired) electrons. The molecule has 0 bridgehead atoms. The zero-order valence-corrected chi connectivity index (χ0v) is 12.4. The van der Waals surface area contributed by atoms with Gasteiger partial charge in [-0.3, -0.25) is 4.90 Å². The Balaban J connectivity index is 1.47. The van der Waals surface area contributed by atoms with Crippen molar-refractivity contribution in [1.29, 1.82) is 0 Å². The van der Waals surface area contributed by atoms with Gasteiger partial charge < -0.3 is 8.98 Å². The van der Waals surface area contributed by atoms with Crippen molar-refractivity contribution in [1.82, 2.24) is 24.6 Å². The lowest BCUT2D eigenvalue weighted by Gasteiger charge is -2.25. The summed E-state index contributed by atoms with van der Waals surface area (Å²) in [6.07, 6.45) is 3.87. The molecule has 22 heavy (non-hydrogen) atoms. The molecule has 0 amide bonds. The summed E-state index contributed by atoms with van der Waals surface area (Å²) in [5, 5.41) is 8.32. The van der Waals surface area contributed by atoms with E-state index in [9.17, 15) is 0 Å². The molecule has 0 N–H and O–H groups in total. The molecule has 3 heterocycles. The summed E-state index contributed by atoms with van der Waals surface area (Å²) < 4.78 is 7.97. The molecule has 1 aliphatic heterocycles. The normalized spacial score (nSPS) is 15.0. The predicted octanol–water partition coefficient (Wildman–Crippen LogP) is 2.26. The van der Waals surface area contributed by atoms with Gasteiger partial charge in [0.25, 0.3) is 0 Å². The van der Waals surface area contributed by atoms with Gasteiger partial charge in [-0.25, -0.2) is 4.98 Å². The van der Waals surface area contributed by atoms with E-state index in [1.807, 2.05) is 36.7 Å². The van der Waals surface area contributed by atoms with Gasteiger partial charge in [-0.1, -0.05) is 17.7 Å². The van der Waals surface area contributed by atoms with Crippen LogP contribution in [0.5, 0.6) is 0 Å². The third-order valence-electron chi connectivity index (χ3n) is 3.95. The van der Waals surface area contributed by atoms with Gasteiger partial charge in [0.1, 0.15) is 5.82 Å². The zero-order chi connectivity index (χ0) is 14.9. The summed E-state index contributed by atoms with van der Waals surface area (Å²) in [6.45, 7) is 5.45. The van der Waals surface area contributed by atoms with E-state index in [1.54, 1.807) is 0 Å². The van der Waals surface area contributed by atoms with E-state index in [4.69, 9.17) is 4.42 Å². The van der Waals surface area contributed by atoms with E-state index in [1.165, 1.54) is 5.56 Å². The second-order valence-electron chi connectivity index (χ2n) is 5.61. The van der Waals surface area contributed by atoms with Gasteiger partial charge in [-0.2, -0.15) is 0 Å². The minimum atomic E-state index is 0.577. The average Bonchev–Trinajstić information content (AvgIpc) is 3.17. The lowest BCUT2D eigenvalue weighted by atomic mass is 10.1. The van der Waals surface area contributed by atoms with Crippen LogP contribution in [-0.2, 0) is 19.6 Å². The summed E-state index contributed by atoms with van der Waals surface area (Å²) in [6, 6.07) is 8.10. The summed E-state index contributed by atoms with van der Waals surface area (Å²) in [7, 11) is 0. The van der Waals surface area contributed by atoms with Crippen LogP contribution in [0.25, 0.3) is 11.5 Å². The Kier molecular flexibility index (Phi) is 3.23. The molecule has 0 aliphatic carbocycles. The van der Waals surface area contributed by atoms with Crippen molar-refractivity contribution in [2.24, 2.45) is 0 Å². The molecule has 0 atom stereocenters. The Morgan fingerprint density at radius 1 is 1.14 bits per heavy atom. The first-order valence-corrected chi connectivity index (χ1v) is 7.40. The van der Waals surface area contributed by atoms with Gasteiger partial charge in [0, 0.05) is 31.0 Å². The molecule has 0 saturated heterocycles. The van der Waals surface area contributed by atoms with Crippen LogP contribution in [0.15, 0.2) is 41.1 Å². The number of aromatic nitrogens is 4. The number of hydrogen-bond acceptors (Lipinski definition) is 5. The topological polar surface area (TPSA) is 60.0 Å². The first kappa shape index (κ1) is 13.2. The van der Waals surface area contributed by atoms with Gasteiger partial charge in [-0.05, 0) is 19.1 Å². The van der Waals surface area contributed by atoms with Crippen LogP contribution in [-0.4, -0.2) is 31.2 Å². The van der Waals surface area contributed by atoms with Gasteiger partial charge in [0.2, 0.25) is 11.8 Å². The molecule has 2 aromatic heterocycles. The lowest BCUT2D eigenvalue weighted by molar-refractivity contribution is 0.191. The first-order valence-electron chi connectivity index (χ1n) is 7.40. The summed E-state index contributed by atoms with van der Waals surface area (Å²) >= 11 is 0. The standard InChI is InChI=1S/C16H17N5O/c1-12-2-4-13(5-3-12)16-19-18-15(22-16)11-20-8-9-21-7-6-17-14(21)10-20/h2-7H,8-11H2,1H3. The molecule has 6 heteroatoms. The summed E-state index contributed by atoms with van der Waals surface area (Å²) in [4.78, 5) is 6.64. The molecular formula is C16H17N5O. The molecule has 0 unspecified atom stereocenters. The number of hydrogen-bond donors (Lipinski definition) is 0. The number of rotatable bonds is 3. The lowest BCUT2D eigenvalue weighted by Crippen LogP contribution is -2.33. The maximum atomic E-state index is 5.79. The quantitative estimate of drug-likeness (QED) is 0.741. The van der Waals surface area contributed by atoms with Crippen molar-refractivity contribution in [3.05, 3.63) is 53.9 Å². The van der Waals surface area contributed by atoms with Gasteiger partial charge in [0.15, 0.2) is 0 Å². The number of imidazole rings is 1. The molecule has 4 rings (SSSR count). The highest BCUT2D eigenvalue weighted by molar-refractivity contribution is 5.52. The van der Waals surface area contributed by atoms with Crippen molar-refractivity contribution in [3.8, 4) is 11.5 Å². The Bertz CT molecular complexity index is 774. The molecule has 1 aromatic carbocycles. The third kappa shape index (κ3) is 2.53. The van der Waals surface area contributed by atoms with E-state index < -0.39 is 0 Å². The molecule has 112 valence electrons. The van der Waals surface area contributed by atoms with E-state index in [2.05, 4.69) is 31.6 Å². The zero-order valence-electron chi connectivity index (χ0n) is 12.4. The van der Waals surface area contributed by atoms with Crippen molar-refractivity contribution < 1.29 is 4.42 Å². The van der Waals surface area contributed by atoms with Gasteiger partial charge in [0.05, 0.1) is 13.1 Å². The first-order chi connectivity index (χ1) is 10.8. The van der Waals surface area contributed by atoms with E-state index >= 15 is 0 Å². The minimum absolute atomic E-state index is 0.577. The van der Waals surface area contributed by atoms with Crippen molar-refractivity contribution in [3.63, 3.8) is 0 Å². The Hall–Kier alpha value is -2.47. The number of nitrogens with zero attached hydrogens (tertiary/aromatic N) is 5. The fourth-order valence-electron chi connectivity index (χ4n) is 2.68. The molecule has 0 fully saturated rings. The Morgan fingerprint density at radius 2 is 2.00 bits per heavy atom.